The molecule has 4 rings (SSSR count). The highest BCUT2D eigenvalue weighted by atomic mass is 35.5. The van der Waals surface area contributed by atoms with Crippen molar-refractivity contribution >= 4 is 34.9 Å². The lowest BCUT2D eigenvalue weighted by molar-refractivity contribution is 0.123. The van der Waals surface area contributed by atoms with Crippen molar-refractivity contribution in [3.8, 4) is 0 Å². The molecule has 1 amide bonds. The molecular formula is C29H28Cl2F2N2O2. The Balaban J connectivity index is 1.76. The number of benzene rings is 3. The van der Waals surface area contributed by atoms with Gasteiger partial charge < -0.3 is 5.11 Å². The van der Waals surface area contributed by atoms with Crippen LogP contribution in [0.5, 0.6) is 0 Å². The van der Waals surface area contributed by atoms with E-state index in [0.29, 0.717) is 34.3 Å². The van der Waals surface area contributed by atoms with Gasteiger partial charge in [0.15, 0.2) is 0 Å². The third kappa shape index (κ3) is 5.98. The molecule has 1 heterocycles. The van der Waals surface area contributed by atoms with E-state index in [9.17, 15) is 18.7 Å². The molecule has 1 unspecified atom stereocenters. The minimum Gasteiger partial charge on any atom is -0.465 e. The number of amides is 1. The Bertz CT molecular complexity index is 1240. The van der Waals surface area contributed by atoms with E-state index in [-0.39, 0.29) is 12.1 Å². The molecule has 8 heteroatoms. The van der Waals surface area contributed by atoms with Gasteiger partial charge in [0.2, 0.25) is 0 Å². The van der Waals surface area contributed by atoms with Crippen LogP contribution < -0.4 is 0 Å². The Morgan fingerprint density at radius 1 is 0.865 bits per heavy atom. The number of rotatable bonds is 7. The van der Waals surface area contributed by atoms with Crippen molar-refractivity contribution in [1.82, 2.24) is 9.80 Å². The normalized spacial score (nSPS) is 14.6. The fourth-order valence-electron chi connectivity index (χ4n) is 5.12. The minimum atomic E-state index is -1.09. The highest BCUT2D eigenvalue weighted by molar-refractivity contribution is 6.30. The average Bonchev–Trinajstić information content (AvgIpc) is 2.78. The van der Waals surface area contributed by atoms with Gasteiger partial charge in [-0.15, -0.1) is 0 Å². The summed E-state index contributed by atoms with van der Waals surface area (Å²) < 4.78 is 28.5. The molecule has 1 aliphatic rings. The Kier molecular flexibility index (Phi) is 8.22. The van der Waals surface area contributed by atoms with E-state index in [4.69, 9.17) is 23.2 Å². The first-order valence-corrected chi connectivity index (χ1v) is 12.8. The predicted octanol–water partition coefficient (Wildman–Crippen LogP) is 7.91. The largest absolute Gasteiger partial charge is 0.465 e. The molecule has 0 spiro atoms. The van der Waals surface area contributed by atoms with Gasteiger partial charge in [0.25, 0.3) is 0 Å². The highest BCUT2D eigenvalue weighted by Crippen LogP contribution is 2.39. The van der Waals surface area contributed by atoms with Gasteiger partial charge in [-0.3, -0.25) is 9.80 Å². The Morgan fingerprint density at radius 3 is 1.73 bits per heavy atom. The van der Waals surface area contributed by atoms with E-state index in [1.54, 1.807) is 20.8 Å². The first-order chi connectivity index (χ1) is 17.5. The lowest BCUT2D eigenvalue weighted by Gasteiger charge is -2.44. The second-order valence-corrected chi connectivity index (χ2v) is 10.4. The van der Waals surface area contributed by atoms with Crippen molar-refractivity contribution in [3.05, 3.63) is 111 Å². The van der Waals surface area contributed by atoms with Crippen LogP contribution in [-0.4, -0.2) is 46.2 Å². The quantitative estimate of drug-likeness (QED) is 0.328. The zero-order chi connectivity index (χ0) is 26.9. The van der Waals surface area contributed by atoms with Crippen LogP contribution in [0.2, 0.25) is 10.0 Å². The Hall–Kier alpha value is -2.93. The SMILES string of the molecule is CC(C)N(C(=O)O)C(C)C(=C1CN(C(c2ccc(Cl)cc2)c2ccc(Cl)cc2)C1)c1cc(F)cc(F)c1. The lowest BCUT2D eigenvalue weighted by Crippen LogP contribution is -2.48. The molecule has 37 heavy (non-hydrogen) atoms. The summed E-state index contributed by atoms with van der Waals surface area (Å²) in [6.07, 6.45) is -1.09. The number of carboxylic acid groups (broad SMARTS) is 1. The Morgan fingerprint density at radius 2 is 1.32 bits per heavy atom. The molecule has 4 nitrogen and oxygen atoms in total. The molecule has 0 aliphatic carbocycles. The number of nitrogens with zero attached hydrogens (tertiary/aromatic N) is 2. The first-order valence-electron chi connectivity index (χ1n) is 12.0. The molecule has 194 valence electrons. The average molecular weight is 545 g/mol. The van der Waals surface area contributed by atoms with Gasteiger partial charge in [0.1, 0.15) is 11.6 Å². The third-order valence-corrected chi connectivity index (χ3v) is 7.20. The van der Waals surface area contributed by atoms with Gasteiger partial charge in [-0.2, -0.15) is 0 Å². The van der Waals surface area contributed by atoms with Crippen molar-refractivity contribution in [1.29, 1.82) is 0 Å². The summed E-state index contributed by atoms with van der Waals surface area (Å²) in [6.45, 7) is 6.32. The standard InChI is InChI=1S/C29H28Cl2F2N2O2/c1-17(2)35(29(36)37)18(3)27(21-12-25(32)14-26(33)13-21)22-15-34(16-22)28(19-4-8-23(30)9-5-19)20-6-10-24(31)11-7-20/h4-14,17-18,28H,15-16H2,1-3H3,(H,36,37). The summed E-state index contributed by atoms with van der Waals surface area (Å²) in [5, 5.41) is 11.2. The summed E-state index contributed by atoms with van der Waals surface area (Å²) in [5.74, 6) is -1.41. The molecule has 1 N–H and O–H groups in total. The zero-order valence-corrected chi connectivity index (χ0v) is 22.3. The second kappa shape index (κ2) is 11.2. The van der Waals surface area contributed by atoms with Crippen LogP contribution in [0.4, 0.5) is 13.6 Å². The van der Waals surface area contributed by atoms with Gasteiger partial charge in [0, 0.05) is 35.2 Å². The van der Waals surface area contributed by atoms with Gasteiger partial charge in [0.05, 0.1) is 12.1 Å². The van der Waals surface area contributed by atoms with Crippen molar-refractivity contribution < 1.29 is 18.7 Å². The van der Waals surface area contributed by atoms with E-state index in [1.165, 1.54) is 17.0 Å². The molecule has 3 aromatic rings. The monoisotopic (exact) mass is 544 g/mol. The van der Waals surface area contributed by atoms with Crippen LogP contribution in [0.15, 0.2) is 72.3 Å². The molecule has 1 saturated heterocycles. The third-order valence-electron chi connectivity index (χ3n) is 6.69. The number of hydrogen-bond acceptors (Lipinski definition) is 2. The maximum atomic E-state index is 14.2. The van der Waals surface area contributed by atoms with Crippen molar-refractivity contribution in [2.24, 2.45) is 0 Å². The van der Waals surface area contributed by atoms with Gasteiger partial charge in [-0.25, -0.2) is 13.6 Å². The van der Waals surface area contributed by atoms with Crippen LogP contribution in [0, 0.1) is 11.6 Å². The molecule has 0 radical (unpaired) electrons. The summed E-state index contributed by atoms with van der Waals surface area (Å²) in [6, 6.07) is 17.5. The number of carbonyl (C=O) groups is 1. The molecule has 1 aliphatic heterocycles. The van der Waals surface area contributed by atoms with Crippen molar-refractivity contribution in [2.75, 3.05) is 13.1 Å². The molecule has 0 saturated carbocycles. The maximum Gasteiger partial charge on any atom is 0.408 e. The van der Waals surface area contributed by atoms with Crippen LogP contribution in [-0.2, 0) is 0 Å². The fourth-order valence-corrected chi connectivity index (χ4v) is 5.38. The van der Waals surface area contributed by atoms with E-state index >= 15 is 0 Å². The number of hydrogen-bond donors (Lipinski definition) is 1. The molecule has 0 aromatic heterocycles. The molecule has 3 aromatic carbocycles. The summed E-state index contributed by atoms with van der Waals surface area (Å²) in [7, 11) is 0. The predicted molar refractivity (Wildman–Crippen MR) is 144 cm³/mol. The van der Waals surface area contributed by atoms with Crippen molar-refractivity contribution in [3.63, 3.8) is 0 Å². The number of likely N-dealkylation sites (tertiary alicyclic amines) is 1. The lowest BCUT2D eigenvalue weighted by atomic mass is 9.86. The van der Waals surface area contributed by atoms with E-state index in [2.05, 4.69) is 4.90 Å². The maximum absolute atomic E-state index is 14.2. The van der Waals surface area contributed by atoms with E-state index in [1.807, 2.05) is 48.5 Å². The van der Waals surface area contributed by atoms with E-state index < -0.39 is 23.8 Å². The molecule has 0 bridgehead atoms. The van der Waals surface area contributed by atoms with Crippen LogP contribution in [0.25, 0.3) is 5.57 Å². The first kappa shape index (κ1) is 27.1. The smallest absolute Gasteiger partial charge is 0.408 e. The summed E-state index contributed by atoms with van der Waals surface area (Å²) >= 11 is 12.3. The van der Waals surface area contributed by atoms with Gasteiger partial charge in [-0.1, -0.05) is 47.5 Å². The van der Waals surface area contributed by atoms with Gasteiger partial charge >= 0.3 is 6.09 Å². The summed E-state index contributed by atoms with van der Waals surface area (Å²) in [4.78, 5) is 15.6. The van der Waals surface area contributed by atoms with Crippen molar-refractivity contribution in [2.45, 2.75) is 38.9 Å². The summed E-state index contributed by atoms with van der Waals surface area (Å²) in [5.41, 5.74) is 3.97. The number of halogens is 4. The van der Waals surface area contributed by atoms with E-state index in [0.717, 1.165) is 22.8 Å². The van der Waals surface area contributed by atoms with Gasteiger partial charge in [-0.05, 0) is 85.0 Å². The fraction of sp³-hybridized carbons (Fsp3) is 0.276. The Labute approximate surface area is 225 Å². The minimum absolute atomic E-state index is 0.111. The highest BCUT2D eigenvalue weighted by Gasteiger charge is 2.36. The second-order valence-electron chi connectivity index (χ2n) is 9.55. The van der Waals surface area contributed by atoms with Crippen LogP contribution in [0.1, 0.15) is 43.5 Å². The molecule has 1 fully saturated rings. The van der Waals surface area contributed by atoms with Crippen LogP contribution in [0.3, 0.4) is 0 Å². The zero-order valence-electron chi connectivity index (χ0n) is 20.8. The molecular weight excluding hydrogens is 517 g/mol. The van der Waals surface area contributed by atoms with Crippen LogP contribution >= 0.6 is 23.2 Å². The molecule has 1 atom stereocenters. The topological polar surface area (TPSA) is 43.8 Å².